The van der Waals surface area contributed by atoms with Gasteiger partial charge in [-0.3, -0.25) is 4.79 Å². The highest BCUT2D eigenvalue weighted by Gasteiger charge is 2.20. The van der Waals surface area contributed by atoms with Crippen LogP contribution in [0.3, 0.4) is 0 Å². The first kappa shape index (κ1) is 9.78. The Balaban J connectivity index is 2.90. The zero-order valence-electron chi connectivity index (χ0n) is 7.66. The van der Waals surface area contributed by atoms with Gasteiger partial charge in [0.05, 0.1) is 0 Å². The van der Waals surface area contributed by atoms with Crippen molar-refractivity contribution in [1.82, 2.24) is 0 Å². The second-order valence-corrected chi connectivity index (χ2v) is 3.00. The van der Waals surface area contributed by atoms with Crippen LogP contribution in [0, 0.1) is 0 Å². The summed E-state index contributed by atoms with van der Waals surface area (Å²) in [7, 11) is 0. The molecule has 1 aliphatic carbocycles. The highest BCUT2D eigenvalue weighted by atomic mass is 16.5. The summed E-state index contributed by atoms with van der Waals surface area (Å²) in [5.41, 5.74) is 2.15. The van der Waals surface area contributed by atoms with Crippen molar-refractivity contribution in [3.05, 3.63) is 36.5 Å². The fourth-order valence-electron chi connectivity index (χ4n) is 1.68. The van der Waals surface area contributed by atoms with Gasteiger partial charge in [-0.1, -0.05) is 25.3 Å². The maximum absolute atomic E-state index is 10.2. The largest absolute Gasteiger partial charge is 0.460 e. The summed E-state index contributed by atoms with van der Waals surface area (Å²) in [5.74, 6) is 0. The third kappa shape index (κ3) is 2.08. The average molecular weight is 178 g/mol. The van der Waals surface area contributed by atoms with E-state index in [1.807, 2.05) is 6.08 Å². The van der Waals surface area contributed by atoms with Crippen LogP contribution in [0.4, 0.5) is 0 Å². The van der Waals surface area contributed by atoms with Gasteiger partial charge in [0.1, 0.15) is 6.10 Å². The summed E-state index contributed by atoms with van der Waals surface area (Å²) < 4.78 is 4.96. The van der Waals surface area contributed by atoms with Crippen molar-refractivity contribution in [3.63, 3.8) is 0 Å². The monoisotopic (exact) mass is 178 g/mol. The van der Waals surface area contributed by atoms with Crippen LogP contribution < -0.4 is 0 Å². The lowest BCUT2D eigenvalue weighted by Crippen LogP contribution is -2.19. The van der Waals surface area contributed by atoms with Gasteiger partial charge < -0.3 is 4.74 Å². The summed E-state index contributed by atoms with van der Waals surface area (Å²) >= 11 is 0. The van der Waals surface area contributed by atoms with Gasteiger partial charge in [0, 0.05) is 0 Å². The van der Waals surface area contributed by atoms with Crippen molar-refractivity contribution >= 4 is 6.47 Å². The number of carbonyl (C=O) groups excluding carboxylic acids is 1. The molecule has 1 aliphatic rings. The van der Waals surface area contributed by atoms with Crippen LogP contribution in [-0.2, 0) is 9.53 Å². The fourth-order valence-corrected chi connectivity index (χ4v) is 1.68. The molecule has 0 saturated heterocycles. The van der Waals surface area contributed by atoms with Crippen LogP contribution in [-0.4, -0.2) is 12.6 Å². The quantitative estimate of drug-likeness (QED) is 0.618. The number of hydrogen-bond donors (Lipinski definition) is 0. The topological polar surface area (TPSA) is 26.3 Å². The number of allylic oxidation sites excluding steroid dienone is 2. The van der Waals surface area contributed by atoms with E-state index < -0.39 is 0 Å². The lowest BCUT2D eigenvalue weighted by Gasteiger charge is -2.23. The number of ether oxygens (including phenoxy) is 1. The molecular weight excluding hydrogens is 164 g/mol. The molecule has 0 amide bonds. The normalized spacial score (nSPS) is 22.3. The van der Waals surface area contributed by atoms with Gasteiger partial charge in [-0.15, -0.1) is 0 Å². The van der Waals surface area contributed by atoms with Crippen molar-refractivity contribution in [2.45, 2.75) is 25.4 Å². The van der Waals surface area contributed by atoms with Crippen LogP contribution in [0.1, 0.15) is 19.3 Å². The van der Waals surface area contributed by atoms with E-state index in [1.54, 1.807) is 6.08 Å². The van der Waals surface area contributed by atoms with Crippen molar-refractivity contribution in [2.24, 2.45) is 0 Å². The number of hydrogen-bond acceptors (Lipinski definition) is 2. The Morgan fingerprint density at radius 3 is 2.69 bits per heavy atom. The molecule has 70 valence electrons. The van der Waals surface area contributed by atoms with E-state index in [2.05, 4.69) is 13.2 Å². The van der Waals surface area contributed by atoms with Gasteiger partial charge in [0.15, 0.2) is 0 Å². The van der Waals surface area contributed by atoms with Crippen molar-refractivity contribution in [1.29, 1.82) is 0 Å². The minimum Gasteiger partial charge on any atom is -0.460 e. The first-order valence-corrected chi connectivity index (χ1v) is 4.40. The second-order valence-electron chi connectivity index (χ2n) is 3.00. The number of rotatable bonds is 4. The van der Waals surface area contributed by atoms with E-state index >= 15 is 0 Å². The van der Waals surface area contributed by atoms with E-state index in [1.165, 1.54) is 0 Å². The molecule has 1 atom stereocenters. The van der Waals surface area contributed by atoms with Crippen molar-refractivity contribution in [2.75, 3.05) is 0 Å². The van der Waals surface area contributed by atoms with Gasteiger partial charge in [-0.05, 0) is 30.4 Å². The molecule has 1 unspecified atom stereocenters. The Kier molecular flexibility index (Phi) is 3.50. The molecular formula is C11H14O2. The second kappa shape index (κ2) is 4.65. The van der Waals surface area contributed by atoms with Crippen molar-refractivity contribution in [3.8, 4) is 0 Å². The molecule has 0 spiro atoms. The van der Waals surface area contributed by atoms with E-state index in [-0.39, 0.29) is 6.10 Å². The summed E-state index contributed by atoms with van der Waals surface area (Å²) in [5, 5.41) is 0. The average Bonchev–Trinajstić information content (AvgIpc) is 2.18. The molecule has 0 fully saturated rings. The molecule has 0 radical (unpaired) electrons. The molecule has 0 bridgehead atoms. The molecule has 0 saturated carbocycles. The third-order valence-corrected chi connectivity index (χ3v) is 2.32. The number of carbonyl (C=O) groups is 1. The predicted molar refractivity (Wildman–Crippen MR) is 52.2 cm³/mol. The summed E-state index contributed by atoms with van der Waals surface area (Å²) in [6.07, 6.45) is 6.39. The summed E-state index contributed by atoms with van der Waals surface area (Å²) in [6.45, 7) is 7.94. The lowest BCUT2D eigenvalue weighted by atomic mass is 9.89. The fraction of sp³-hybridized carbons (Fsp3) is 0.364. The SMILES string of the molecule is C=CC1=C(C=C)C(OC=O)CCC1. The van der Waals surface area contributed by atoms with Crippen LogP contribution in [0.5, 0.6) is 0 Å². The van der Waals surface area contributed by atoms with E-state index in [0.717, 1.165) is 30.4 Å². The zero-order chi connectivity index (χ0) is 9.68. The lowest BCUT2D eigenvalue weighted by molar-refractivity contribution is -0.132. The van der Waals surface area contributed by atoms with E-state index in [9.17, 15) is 4.79 Å². The molecule has 1 rings (SSSR count). The van der Waals surface area contributed by atoms with E-state index in [0.29, 0.717) is 6.47 Å². The molecule has 0 aromatic carbocycles. The molecule has 0 aromatic heterocycles. The van der Waals surface area contributed by atoms with Gasteiger partial charge >= 0.3 is 0 Å². The molecule has 13 heavy (non-hydrogen) atoms. The van der Waals surface area contributed by atoms with Gasteiger partial charge in [0.2, 0.25) is 0 Å². The first-order chi connectivity index (χ1) is 6.33. The Bertz CT molecular complexity index is 251. The minimum atomic E-state index is -0.114. The highest BCUT2D eigenvalue weighted by Crippen LogP contribution is 2.28. The Morgan fingerprint density at radius 2 is 2.15 bits per heavy atom. The Labute approximate surface area is 78.6 Å². The molecule has 2 heteroatoms. The predicted octanol–water partition coefficient (Wildman–Crippen LogP) is 2.38. The molecule has 0 heterocycles. The van der Waals surface area contributed by atoms with Crippen LogP contribution in [0.2, 0.25) is 0 Å². The van der Waals surface area contributed by atoms with Crippen LogP contribution >= 0.6 is 0 Å². The molecule has 0 aliphatic heterocycles. The Hall–Kier alpha value is -1.31. The maximum atomic E-state index is 10.2. The first-order valence-electron chi connectivity index (χ1n) is 4.40. The minimum absolute atomic E-state index is 0.114. The molecule has 0 N–H and O–H groups in total. The highest BCUT2D eigenvalue weighted by molar-refractivity contribution is 5.42. The van der Waals surface area contributed by atoms with E-state index in [4.69, 9.17) is 4.74 Å². The maximum Gasteiger partial charge on any atom is 0.293 e. The van der Waals surface area contributed by atoms with Crippen molar-refractivity contribution < 1.29 is 9.53 Å². The smallest absolute Gasteiger partial charge is 0.293 e. The molecule has 2 nitrogen and oxygen atoms in total. The summed E-state index contributed by atoms with van der Waals surface area (Å²) in [4.78, 5) is 10.2. The van der Waals surface area contributed by atoms with Gasteiger partial charge in [-0.2, -0.15) is 0 Å². The standard InChI is InChI=1S/C11H14O2/c1-3-9-6-5-7-11(13-8-12)10(9)4-2/h3-4,8,11H,1-2,5-7H2. The van der Waals surface area contributed by atoms with Gasteiger partial charge in [-0.25, -0.2) is 0 Å². The van der Waals surface area contributed by atoms with Crippen LogP contribution in [0.15, 0.2) is 36.5 Å². The van der Waals surface area contributed by atoms with Gasteiger partial charge in [0.25, 0.3) is 6.47 Å². The third-order valence-electron chi connectivity index (χ3n) is 2.32. The Morgan fingerprint density at radius 1 is 1.38 bits per heavy atom. The van der Waals surface area contributed by atoms with Crippen LogP contribution in [0.25, 0.3) is 0 Å². The zero-order valence-corrected chi connectivity index (χ0v) is 7.66. The molecule has 0 aromatic rings. The summed E-state index contributed by atoms with van der Waals surface area (Å²) in [6, 6.07) is 0.